The number of ether oxygens (including phenoxy) is 4. The third-order valence-corrected chi connectivity index (χ3v) is 18.3. The van der Waals surface area contributed by atoms with Gasteiger partial charge in [0.25, 0.3) is 29.1 Å². The first-order valence-corrected chi connectivity index (χ1v) is 30.5. The Hall–Kier alpha value is -6.06. The van der Waals surface area contributed by atoms with E-state index in [2.05, 4.69) is 49.0 Å². The van der Waals surface area contributed by atoms with Gasteiger partial charge in [0.15, 0.2) is 23.0 Å². The maximum absolute atomic E-state index is 13.9. The lowest BCUT2D eigenvalue weighted by Crippen LogP contribution is -2.41. The number of methoxy groups -OCH3 is 2. The quantitative estimate of drug-likeness (QED) is 0.0201. The van der Waals surface area contributed by atoms with Crippen molar-refractivity contribution in [2.24, 2.45) is 7.05 Å². The molecule has 2 saturated heterocycles. The molecule has 0 bridgehead atoms. The fraction of sp³-hybridized carbons (Fsp3) is 0.577. The summed E-state index contributed by atoms with van der Waals surface area (Å²) in [4.78, 5) is 105. The summed E-state index contributed by atoms with van der Waals surface area (Å²) in [6.07, 6.45) is 5.27. The second-order valence-corrected chi connectivity index (χ2v) is 24.4. The number of thioether (sulfide) groups is 4. The lowest BCUT2D eigenvalue weighted by Gasteiger charge is -2.31. The van der Waals surface area contributed by atoms with Crippen LogP contribution >= 0.6 is 47.0 Å². The highest BCUT2D eigenvalue weighted by Gasteiger charge is 2.40. The molecule has 6 amide bonds. The maximum atomic E-state index is 13.9. The van der Waals surface area contributed by atoms with E-state index in [-0.39, 0.29) is 126 Å². The topological polar surface area (TPSA) is 285 Å². The van der Waals surface area contributed by atoms with Crippen LogP contribution in [-0.2, 0) is 21.4 Å². The third-order valence-electron chi connectivity index (χ3n) is 12.8. The SMILES string of the molecule is CCSC(SCC)[C@@H]1CCCN1C(=O)c1cc(OC)c(OCCCC(=O)NCCNC(=O)CNC(=O)c2cc(NC(=O)CCCOc3cc([N+](=O)[O-])c(C(=O)N4CCC[C@H]4C(SCC)SCC)cc3OC)cn2C)cc1[N+](=O)[O-]. The van der Waals surface area contributed by atoms with Gasteiger partial charge in [-0.25, -0.2) is 0 Å². The predicted molar refractivity (Wildman–Crippen MR) is 309 cm³/mol. The lowest BCUT2D eigenvalue weighted by atomic mass is 10.1. The highest BCUT2D eigenvalue weighted by atomic mass is 32.2. The van der Waals surface area contributed by atoms with Crippen molar-refractivity contribution in [3.05, 3.63) is 73.6 Å². The highest BCUT2D eigenvalue weighted by molar-refractivity contribution is 8.17. The molecule has 0 radical (unpaired) electrons. The first-order chi connectivity index (χ1) is 38.0. The molecule has 0 aliphatic carbocycles. The van der Waals surface area contributed by atoms with Crippen LogP contribution in [0.2, 0.25) is 0 Å². The van der Waals surface area contributed by atoms with Crippen molar-refractivity contribution in [3.8, 4) is 23.0 Å². The molecule has 2 aliphatic heterocycles. The van der Waals surface area contributed by atoms with Crippen molar-refractivity contribution in [3.63, 3.8) is 0 Å². The Labute approximate surface area is 477 Å². The Morgan fingerprint density at radius 3 is 1.51 bits per heavy atom. The molecule has 0 spiro atoms. The molecule has 2 atom stereocenters. The van der Waals surface area contributed by atoms with E-state index < -0.39 is 50.8 Å². The van der Waals surface area contributed by atoms with Crippen LogP contribution in [0.1, 0.15) is 110 Å². The summed E-state index contributed by atoms with van der Waals surface area (Å²) in [7, 11) is 4.35. The number of rotatable bonds is 33. The number of nitrogens with zero attached hydrogens (tertiary/aromatic N) is 5. The van der Waals surface area contributed by atoms with Gasteiger partial charge < -0.3 is 54.6 Å². The van der Waals surface area contributed by atoms with Gasteiger partial charge >= 0.3 is 0 Å². The van der Waals surface area contributed by atoms with E-state index in [0.29, 0.717) is 18.8 Å². The minimum atomic E-state index is -0.612. The van der Waals surface area contributed by atoms with Gasteiger partial charge in [-0.3, -0.25) is 49.0 Å². The lowest BCUT2D eigenvalue weighted by molar-refractivity contribution is -0.385. The predicted octanol–water partition coefficient (Wildman–Crippen LogP) is 7.35. The van der Waals surface area contributed by atoms with E-state index in [4.69, 9.17) is 18.9 Å². The van der Waals surface area contributed by atoms with Gasteiger partial charge in [-0.2, -0.15) is 0 Å². The monoisotopic (exact) mass is 1180 g/mol. The van der Waals surface area contributed by atoms with Crippen molar-refractivity contribution in [2.75, 3.05) is 88.5 Å². The van der Waals surface area contributed by atoms with Gasteiger partial charge in [-0.15, -0.1) is 47.0 Å². The number of anilines is 1. The number of carbonyl (C=O) groups is 6. The van der Waals surface area contributed by atoms with Crippen molar-refractivity contribution in [2.45, 2.75) is 100 Å². The Morgan fingerprint density at radius 2 is 1.08 bits per heavy atom. The molecule has 0 saturated carbocycles. The molecule has 2 aliphatic rings. The Bertz CT molecular complexity index is 2610. The van der Waals surface area contributed by atoms with E-state index in [1.54, 1.807) is 63.9 Å². The zero-order valence-electron chi connectivity index (χ0n) is 45.8. The highest BCUT2D eigenvalue weighted by Crippen LogP contribution is 2.41. The van der Waals surface area contributed by atoms with E-state index in [1.165, 1.54) is 55.3 Å². The van der Waals surface area contributed by atoms with Crippen molar-refractivity contribution >= 4 is 99.6 Å². The molecule has 27 heteroatoms. The van der Waals surface area contributed by atoms with Crippen molar-refractivity contribution in [1.82, 2.24) is 30.3 Å². The number of amides is 6. The molecular formula is C52H73N9O14S4. The van der Waals surface area contributed by atoms with E-state index in [0.717, 1.165) is 48.7 Å². The molecule has 79 heavy (non-hydrogen) atoms. The Morgan fingerprint density at radius 1 is 0.633 bits per heavy atom. The molecular weight excluding hydrogens is 1100 g/mol. The molecule has 3 heterocycles. The number of hydrogen-bond acceptors (Lipinski definition) is 18. The Kier molecular flexibility index (Phi) is 26.0. The van der Waals surface area contributed by atoms with Crippen LogP contribution in [0.3, 0.4) is 0 Å². The molecule has 0 unspecified atom stereocenters. The largest absolute Gasteiger partial charge is 0.493 e. The first-order valence-electron chi connectivity index (χ1n) is 26.3. The average Bonchev–Trinajstić information content (AvgIpc) is 4.24. The molecule has 434 valence electrons. The second-order valence-electron chi connectivity index (χ2n) is 18.1. The summed E-state index contributed by atoms with van der Waals surface area (Å²) in [6.45, 7) is 9.08. The van der Waals surface area contributed by atoms with Crippen LogP contribution in [0, 0.1) is 20.2 Å². The van der Waals surface area contributed by atoms with Crippen LogP contribution in [0.4, 0.5) is 17.1 Å². The minimum Gasteiger partial charge on any atom is -0.493 e. The number of aromatic nitrogens is 1. The maximum Gasteiger partial charge on any atom is 0.286 e. The third kappa shape index (κ3) is 18.0. The van der Waals surface area contributed by atoms with Crippen LogP contribution in [0.5, 0.6) is 23.0 Å². The molecule has 1 aromatic heterocycles. The molecule has 2 aromatic carbocycles. The van der Waals surface area contributed by atoms with Gasteiger partial charge in [0.05, 0.1) is 82.9 Å². The van der Waals surface area contributed by atoms with Crippen molar-refractivity contribution < 1.29 is 57.6 Å². The molecule has 3 aromatic rings. The summed E-state index contributed by atoms with van der Waals surface area (Å²) in [5, 5.41) is 35.0. The first kappa shape index (κ1) is 63.8. The normalized spacial score (nSPS) is 15.0. The number of hydrogen-bond donors (Lipinski definition) is 4. The smallest absolute Gasteiger partial charge is 0.286 e. The van der Waals surface area contributed by atoms with Gasteiger partial charge in [0.1, 0.15) is 16.8 Å². The number of nitro benzene ring substituents is 2. The summed E-state index contributed by atoms with van der Waals surface area (Å²) in [5.74, 6) is 1.28. The average molecular weight is 1180 g/mol. The van der Waals surface area contributed by atoms with Gasteiger partial charge in [-0.1, -0.05) is 27.7 Å². The molecule has 4 N–H and O–H groups in total. The summed E-state index contributed by atoms with van der Waals surface area (Å²) in [5.41, 5.74) is -0.469. The fourth-order valence-corrected chi connectivity index (χ4v) is 14.9. The standard InChI is InChI=1S/C52H73N9O14S4/c1-8-76-51(77-9-2)36-16-12-22-58(36)49(66)34-27-41(72-6)43(29-38(34)60(68)69)74-24-14-18-45(62)53-20-21-54-47(64)31-55-48(65)40-26-33(32-57(40)5)56-46(63)19-15-25-75-44-30-39(61(70)71)35(28-42(44)73-7)50(67)59-23-13-17-37(59)52(78-10-3)79-11-4/h26-30,32,36-37,51-52H,8-25,31H2,1-7H3,(H,53,62)(H,54,64)(H,55,65)(H,56,63)/t36-,37-/m0/s1. The van der Waals surface area contributed by atoms with Crippen molar-refractivity contribution in [1.29, 1.82) is 0 Å². The van der Waals surface area contributed by atoms with Crippen LogP contribution in [-0.4, -0.2) is 164 Å². The number of likely N-dealkylation sites (tertiary alicyclic amines) is 2. The summed E-state index contributed by atoms with van der Waals surface area (Å²) < 4.78 is 24.4. The number of carbonyl (C=O) groups excluding carboxylic acids is 6. The Balaban J connectivity index is 1.00. The van der Waals surface area contributed by atoms with Gasteiger partial charge in [-0.05, 0) is 67.6 Å². The van der Waals surface area contributed by atoms with Crippen LogP contribution in [0.15, 0.2) is 36.5 Å². The summed E-state index contributed by atoms with van der Waals surface area (Å²) in [6, 6.07) is 6.39. The summed E-state index contributed by atoms with van der Waals surface area (Å²) >= 11 is 7.08. The number of nitrogens with one attached hydrogen (secondary N) is 4. The van der Waals surface area contributed by atoms with Gasteiger partial charge in [0.2, 0.25) is 17.7 Å². The van der Waals surface area contributed by atoms with E-state index in [9.17, 15) is 49.0 Å². The molecule has 23 nitrogen and oxygen atoms in total. The van der Waals surface area contributed by atoms with Crippen LogP contribution in [0.25, 0.3) is 0 Å². The van der Waals surface area contributed by atoms with Gasteiger partial charge in [0, 0.05) is 64.4 Å². The number of benzene rings is 2. The fourth-order valence-electron chi connectivity index (χ4n) is 9.17. The van der Waals surface area contributed by atoms with E-state index >= 15 is 0 Å². The zero-order valence-corrected chi connectivity index (χ0v) is 49.1. The molecule has 2 fully saturated rings. The number of aryl methyl sites for hydroxylation is 1. The second kappa shape index (κ2) is 32.3. The van der Waals surface area contributed by atoms with Crippen LogP contribution < -0.4 is 40.2 Å². The minimum absolute atomic E-state index is 0.00291. The van der Waals surface area contributed by atoms with E-state index in [1.807, 2.05) is 0 Å². The number of nitro groups is 2. The zero-order chi connectivity index (χ0) is 57.6. The molecule has 5 rings (SSSR count).